The molecule has 3 aromatic heterocycles. The zero-order chi connectivity index (χ0) is 24.3. The van der Waals surface area contributed by atoms with Crippen molar-refractivity contribution in [3.63, 3.8) is 0 Å². The van der Waals surface area contributed by atoms with Gasteiger partial charge in [-0.15, -0.1) is 0 Å². The van der Waals surface area contributed by atoms with E-state index in [0.29, 0.717) is 18.1 Å². The van der Waals surface area contributed by atoms with Crippen molar-refractivity contribution >= 4 is 34.1 Å². The van der Waals surface area contributed by atoms with E-state index in [1.807, 2.05) is 47.5 Å². The van der Waals surface area contributed by atoms with E-state index in [4.69, 9.17) is 9.72 Å². The summed E-state index contributed by atoms with van der Waals surface area (Å²) < 4.78 is 6.13. The Bertz CT molecular complexity index is 1520. The molecule has 10 nitrogen and oxygen atoms in total. The Kier molecular flexibility index (Phi) is 5.66. The van der Waals surface area contributed by atoms with Gasteiger partial charge in [0.15, 0.2) is 0 Å². The van der Waals surface area contributed by atoms with Crippen LogP contribution in [0.2, 0.25) is 0 Å². The lowest BCUT2D eigenvalue weighted by Crippen LogP contribution is -2.23. The number of rotatable bonds is 7. The van der Waals surface area contributed by atoms with Crippen LogP contribution >= 0.6 is 0 Å². The van der Waals surface area contributed by atoms with Crippen molar-refractivity contribution in [3.05, 3.63) is 79.3 Å². The molecule has 1 amide bonds. The highest BCUT2D eigenvalue weighted by Crippen LogP contribution is 2.34. The minimum absolute atomic E-state index is 0.150. The topological polar surface area (TPSA) is 122 Å². The van der Waals surface area contributed by atoms with E-state index in [2.05, 4.69) is 30.5 Å². The zero-order valence-electron chi connectivity index (χ0n) is 19.3. The summed E-state index contributed by atoms with van der Waals surface area (Å²) in [6.45, 7) is 1.01. The van der Waals surface area contributed by atoms with Crippen LogP contribution in [-0.4, -0.2) is 42.6 Å². The SMILES string of the molecule is O=C1CCCN1c1cccc(Nc2ncc3cc(-c4cn[nH]c4)c(OCc4cnccn4)cc3n2)c1. The third-order valence-corrected chi connectivity index (χ3v) is 5.97. The van der Waals surface area contributed by atoms with Crippen LogP contribution in [0.5, 0.6) is 5.75 Å². The molecule has 0 saturated carbocycles. The van der Waals surface area contributed by atoms with Crippen LogP contribution in [0, 0.1) is 0 Å². The normalized spacial score (nSPS) is 13.3. The van der Waals surface area contributed by atoms with Crippen molar-refractivity contribution in [1.29, 1.82) is 0 Å². The van der Waals surface area contributed by atoms with Crippen LogP contribution in [0.4, 0.5) is 17.3 Å². The number of fused-ring (bicyclic) bond motifs is 1. The molecule has 1 aliphatic heterocycles. The standard InChI is InChI=1S/C26H22N8O2/c35-25-5-2-8-34(25)21-4-1-3-19(10-21)32-26-29-12-17-9-22(18-13-30-31-14-18)24(11-23(17)33-26)36-16-20-15-27-6-7-28-20/h1,3-4,6-7,9-15H,2,5,8,16H2,(H,30,31)(H,29,32,33). The summed E-state index contributed by atoms with van der Waals surface area (Å²) in [6, 6.07) is 11.6. The number of ether oxygens (including phenoxy) is 1. The van der Waals surface area contributed by atoms with Gasteiger partial charge in [0.2, 0.25) is 11.9 Å². The molecule has 10 heteroatoms. The Labute approximate surface area is 206 Å². The van der Waals surface area contributed by atoms with Crippen LogP contribution in [0.15, 0.2) is 73.6 Å². The quantitative estimate of drug-likeness (QED) is 0.356. The molecular formula is C26H22N8O2. The first kappa shape index (κ1) is 21.7. The lowest BCUT2D eigenvalue weighted by Gasteiger charge is -2.17. The van der Waals surface area contributed by atoms with Crippen LogP contribution in [-0.2, 0) is 11.4 Å². The number of amides is 1. The van der Waals surface area contributed by atoms with Gasteiger partial charge in [-0.3, -0.25) is 19.9 Å². The molecule has 0 aliphatic carbocycles. The summed E-state index contributed by atoms with van der Waals surface area (Å²) in [5.41, 5.74) is 4.87. The summed E-state index contributed by atoms with van der Waals surface area (Å²) >= 11 is 0. The average Bonchev–Trinajstić information content (AvgIpc) is 3.60. The third kappa shape index (κ3) is 4.43. The van der Waals surface area contributed by atoms with Crippen molar-refractivity contribution in [2.45, 2.75) is 19.4 Å². The highest BCUT2D eigenvalue weighted by Gasteiger charge is 2.21. The summed E-state index contributed by atoms with van der Waals surface area (Å²) in [4.78, 5) is 31.5. The van der Waals surface area contributed by atoms with Crippen molar-refractivity contribution in [2.75, 3.05) is 16.8 Å². The van der Waals surface area contributed by atoms with Gasteiger partial charge in [-0.1, -0.05) is 6.07 Å². The second-order valence-corrected chi connectivity index (χ2v) is 8.40. The summed E-state index contributed by atoms with van der Waals surface area (Å²) in [6.07, 6.45) is 11.7. The first-order valence-corrected chi connectivity index (χ1v) is 11.6. The molecule has 6 rings (SSSR count). The fraction of sp³-hybridized carbons (Fsp3) is 0.154. The van der Waals surface area contributed by atoms with Gasteiger partial charge >= 0.3 is 0 Å². The number of carbonyl (C=O) groups excluding carboxylic acids is 1. The molecule has 0 spiro atoms. The Morgan fingerprint density at radius 2 is 2.06 bits per heavy atom. The Morgan fingerprint density at radius 3 is 2.86 bits per heavy atom. The Hall–Kier alpha value is -4.86. The average molecular weight is 479 g/mol. The number of nitrogens with one attached hydrogen (secondary N) is 2. The monoisotopic (exact) mass is 478 g/mol. The number of aromatic amines is 1. The van der Waals surface area contributed by atoms with Gasteiger partial charge in [0.1, 0.15) is 12.4 Å². The largest absolute Gasteiger partial charge is 0.487 e. The van der Waals surface area contributed by atoms with E-state index < -0.39 is 0 Å². The molecule has 1 aliphatic rings. The maximum atomic E-state index is 12.1. The van der Waals surface area contributed by atoms with Gasteiger partial charge in [-0.2, -0.15) is 5.10 Å². The Morgan fingerprint density at radius 1 is 1.08 bits per heavy atom. The van der Waals surface area contributed by atoms with Gasteiger partial charge in [0, 0.05) is 71.7 Å². The van der Waals surface area contributed by atoms with E-state index in [9.17, 15) is 4.79 Å². The molecule has 2 N–H and O–H groups in total. The number of hydrogen-bond acceptors (Lipinski definition) is 8. The molecule has 0 bridgehead atoms. The molecule has 1 fully saturated rings. The second kappa shape index (κ2) is 9.41. The van der Waals surface area contributed by atoms with Gasteiger partial charge in [-0.05, 0) is 30.7 Å². The predicted molar refractivity (Wildman–Crippen MR) is 135 cm³/mol. The lowest BCUT2D eigenvalue weighted by molar-refractivity contribution is -0.117. The Balaban J connectivity index is 1.31. The minimum Gasteiger partial charge on any atom is -0.487 e. The third-order valence-electron chi connectivity index (χ3n) is 5.97. The summed E-state index contributed by atoms with van der Waals surface area (Å²) in [7, 11) is 0. The zero-order valence-corrected chi connectivity index (χ0v) is 19.3. The molecule has 36 heavy (non-hydrogen) atoms. The van der Waals surface area contributed by atoms with E-state index >= 15 is 0 Å². The van der Waals surface area contributed by atoms with Crippen LogP contribution < -0.4 is 15.0 Å². The number of nitrogens with zero attached hydrogens (tertiary/aromatic N) is 6. The lowest BCUT2D eigenvalue weighted by atomic mass is 10.1. The van der Waals surface area contributed by atoms with Crippen LogP contribution in [0.25, 0.3) is 22.0 Å². The van der Waals surface area contributed by atoms with E-state index in [1.54, 1.807) is 31.0 Å². The van der Waals surface area contributed by atoms with Gasteiger partial charge in [0.05, 0.1) is 23.6 Å². The summed E-state index contributed by atoms with van der Waals surface area (Å²) in [5, 5.41) is 11.0. The smallest absolute Gasteiger partial charge is 0.227 e. The van der Waals surface area contributed by atoms with E-state index in [0.717, 1.165) is 52.1 Å². The maximum absolute atomic E-state index is 12.1. The van der Waals surface area contributed by atoms with Gasteiger partial charge < -0.3 is 15.0 Å². The fourth-order valence-electron chi connectivity index (χ4n) is 4.22. The minimum atomic E-state index is 0.150. The molecule has 178 valence electrons. The van der Waals surface area contributed by atoms with Crippen LogP contribution in [0.1, 0.15) is 18.5 Å². The fourth-order valence-corrected chi connectivity index (χ4v) is 4.22. The van der Waals surface area contributed by atoms with Crippen molar-refractivity contribution < 1.29 is 9.53 Å². The van der Waals surface area contributed by atoms with Crippen molar-refractivity contribution in [3.8, 4) is 16.9 Å². The highest BCUT2D eigenvalue weighted by molar-refractivity contribution is 5.96. The number of H-pyrrole nitrogens is 1. The van der Waals surface area contributed by atoms with E-state index in [1.165, 1.54) is 0 Å². The molecule has 4 heterocycles. The van der Waals surface area contributed by atoms with Crippen molar-refractivity contribution in [1.82, 2.24) is 30.1 Å². The second-order valence-electron chi connectivity index (χ2n) is 8.40. The first-order chi connectivity index (χ1) is 17.7. The number of anilines is 3. The maximum Gasteiger partial charge on any atom is 0.227 e. The van der Waals surface area contributed by atoms with Gasteiger partial charge in [-0.25, -0.2) is 9.97 Å². The van der Waals surface area contributed by atoms with E-state index in [-0.39, 0.29) is 12.5 Å². The molecular weight excluding hydrogens is 456 g/mol. The molecule has 5 aromatic rings. The molecule has 2 aromatic carbocycles. The molecule has 0 unspecified atom stereocenters. The number of benzene rings is 2. The number of aromatic nitrogens is 6. The highest BCUT2D eigenvalue weighted by atomic mass is 16.5. The van der Waals surface area contributed by atoms with Crippen molar-refractivity contribution in [2.24, 2.45) is 0 Å². The predicted octanol–water partition coefficient (Wildman–Crippen LogP) is 4.26. The van der Waals surface area contributed by atoms with Crippen LogP contribution in [0.3, 0.4) is 0 Å². The number of hydrogen-bond donors (Lipinski definition) is 2. The molecule has 0 radical (unpaired) electrons. The first-order valence-electron chi connectivity index (χ1n) is 11.6. The summed E-state index contributed by atoms with van der Waals surface area (Å²) in [5.74, 6) is 1.24. The molecule has 0 atom stereocenters. The van der Waals surface area contributed by atoms with Gasteiger partial charge in [0.25, 0.3) is 0 Å². The molecule has 1 saturated heterocycles. The number of carbonyl (C=O) groups is 1.